The second-order valence-corrected chi connectivity index (χ2v) is 5.62. The van der Waals surface area contributed by atoms with Crippen LogP contribution in [0.25, 0.3) is 5.65 Å². The van der Waals surface area contributed by atoms with E-state index in [1.54, 1.807) is 24.2 Å². The van der Waals surface area contributed by atoms with Crippen molar-refractivity contribution in [2.24, 2.45) is 4.99 Å². The van der Waals surface area contributed by atoms with E-state index in [0.717, 1.165) is 22.6 Å². The number of benzene rings is 1. The van der Waals surface area contributed by atoms with Crippen LogP contribution in [0.15, 0.2) is 53.9 Å². The molecular weight excluding hydrogens is 314 g/mol. The maximum atomic E-state index is 10.5. The summed E-state index contributed by atoms with van der Waals surface area (Å²) in [4.78, 5) is 10.3. The Morgan fingerprint density at radius 1 is 1.22 bits per heavy atom. The third-order valence-electron chi connectivity index (χ3n) is 3.85. The standard InChI is InChI=1S/C16H14ClN5O/c1-18-15-12-3-2-10(17)8-13(12)22(16(23)20-15)11-4-6-21-7-5-19-14(21)9-11/h2-9,16,23H,1H3,(H,18,20). The molecule has 0 aliphatic carbocycles. The lowest BCUT2D eigenvalue weighted by atomic mass is 10.1. The highest BCUT2D eigenvalue weighted by Crippen LogP contribution is 2.36. The van der Waals surface area contributed by atoms with Crippen molar-refractivity contribution in [3.05, 3.63) is 59.5 Å². The first-order chi connectivity index (χ1) is 11.2. The van der Waals surface area contributed by atoms with Gasteiger partial charge < -0.3 is 14.8 Å². The molecule has 0 fully saturated rings. The van der Waals surface area contributed by atoms with Gasteiger partial charge in [0, 0.05) is 42.3 Å². The van der Waals surface area contributed by atoms with Gasteiger partial charge in [0.2, 0.25) is 6.35 Å². The van der Waals surface area contributed by atoms with Crippen LogP contribution in [0.3, 0.4) is 0 Å². The number of rotatable bonds is 1. The van der Waals surface area contributed by atoms with Gasteiger partial charge in [-0.05, 0) is 24.3 Å². The van der Waals surface area contributed by atoms with E-state index in [0.29, 0.717) is 10.9 Å². The van der Waals surface area contributed by atoms with E-state index in [1.165, 1.54) is 0 Å². The van der Waals surface area contributed by atoms with Crippen LogP contribution in [0.1, 0.15) is 5.56 Å². The van der Waals surface area contributed by atoms with Crippen molar-refractivity contribution in [3.8, 4) is 0 Å². The number of aliphatic hydroxyl groups is 1. The molecule has 7 heteroatoms. The predicted molar refractivity (Wildman–Crippen MR) is 90.4 cm³/mol. The Morgan fingerprint density at radius 2 is 2.09 bits per heavy atom. The highest BCUT2D eigenvalue weighted by molar-refractivity contribution is 6.31. The molecule has 3 aromatic rings. The number of hydrogen-bond acceptors (Lipinski definition) is 5. The van der Waals surface area contributed by atoms with E-state index in [1.807, 2.05) is 41.1 Å². The molecule has 0 spiro atoms. The summed E-state index contributed by atoms with van der Waals surface area (Å²) < 4.78 is 1.90. The Balaban J connectivity index is 1.91. The van der Waals surface area contributed by atoms with Gasteiger partial charge in [0.05, 0.1) is 11.4 Å². The Kier molecular flexibility index (Phi) is 3.21. The number of amidine groups is 1. The summed E-state index contributed by atoms with van der Waals surface area (Å²) in [5, 5.41) is 14.1. The number of aliphatic imine (C=N–C) groups is 1. The highest BCUT2D eigenvalue weighted by atomic mass is 35.5. The van der Waals surface area contributed by atoms with Crippen molar-refractivity contribution >= 4 is 34.5 Å². The lowest BCUT2D eigenvalue weighted by Gasteiger charge is -2.33. The maximum absolute atomic E-state index is 10.5. The number of aromatic nitrogens is 2. The number of imidazole rings is 1. The zero-order valence-corrected chi connectivity index (χ0v) is 13.1. The van der Waals surface area contributed by atoms with Gasteiger partial charge in [-0.15, -0.1) is 0 Å². The molecule has 0 radical (unpaired) electrons. The van der Waals surface area contributed by atoms with Crippen molar-refractivity contribution in [3.63, 3.8) is 0 Å². The van der Waals surface area contributed by atoms with Crippen LogP contribution in [0, 0.1) is 0 Å². The van der Waals surface area contributed by atoms with E-state index in [4.69, 9.17) is 11.6 Å². The van der Waals surface area contributed by atoms with Crippen LogP contribution in [-0.4, -0.2) is 33.7 Å². The molecule has 1 aliphatic heterocycles. The van der Waals surface area contributed by atoms with Gasteiger partial charge in [-0.3, -0.25) is 4.90 Å². The van der Waals surface area contributed by atoms with E-state index < -0.39 is 6.35 Å². The summed E-state index contributed by atoms with van der Waals surface area (Å²) in [5.74, 6) is 0.627. The zero-order chi connectivity index (χ0) is 16.0. The van der Waals surface area contributed by atoms with E-state index in [9.17, 15) is 5.11 Å². The number of nitrogens with one attached hydrogen (secondary N) is 1. The molecule has 116 valence electrons. The van der Waals surface area contributed by atoms with Crippen molar-refractivity contribution in [2.75, 3.05) is 11.9 Å². The monoisotopic (exact) mass is 327 g/mol. The number of aliphatic hydroxyl groups excluding tert-OH is 1. The first kappa shape index (κ1) is 14.0. The van der Waals surface area contributed by atoms with Gasteiger partial charge in [-0.2, -0.15) is 0 Å². The molecule has 23 heavy (non-hydrogen) atoms. The molecule has 0 saturated heterocycles. The fourth-order valence-electron chi connectivity index (χ4n) is 2.79. The van der Waals surface area contributed by atoms with Gasteiger partial charge in [0.1, 0.15) is 11.5 Å². The minimum Gasteiger partial charge on any atom is -0.373 e. The lowest BCUT2D eigenvalue weighted by molar-refractivity contribution is 0.189. The molecule has 0 amide bonds. The Hall–Kier alpha value is -2.57. The minimum atomic E-state index is -1.04. The molecule has 6 nitrogen and oxygen atoms in total. The fraction of sp³-hybridized carbons (Fsp3) is 0.125. The Morgan fingerprint density at radius 3 is 2.91 bits per heavy atom. The average Bonchev–Trinajstić information content (AvgIpc) is 3.01. The quantitative estimate of drug-likeness (QED) is 0.720. The Bertz CT molecular complexity index is 920. The number of halogens is 1. The topological polar surface area (TPSA) is 65.2 Å². The number of fused-ring (bicyclic) bond motifs is 2. The summed E-state index contributed by atoms with van der Waals surface area (Å²) in [6.07, 6.45) is 4.45. The molecule has 1 atom stereocenters. The summed E-state index contributed by atoms with van der Waals surface area (Å²) in [7, 11) is 1.77. The first-order valence-electron chi connectivity index (χ1n) is 7.13. The number of anilines is 2. The van der Waals surface area contributed by atoms with Gasteiger partial charge in [0.15, 0.2) is 0 Å². The van der Waals surface area contributed by atoms with Crippen molar-refractivity contribution < 1.29 is 5.11 Å². The number of hydrogen-bond donors (Lipinski definition) is 2. The zero-order valence-electron chi connectivity index (χ0n) is 12.3. The number of pyridine rings is 1. The van der Waals surface area contributed by atoms with Crippen LogP contribution in [0.4, 0.5) is 11.4 Å². The lowest BCUT2D eigenvalue weighted by Crippen LogP contribution is -2.38. The molecule has 0 saturated carbocycles. The molecule has 4 rings (SSSR count). The van der Waals surface area contributed by atoms with E-state index in [-0.39, 0.29) is 0 Å². The van der Waals surface area contributed by atoms with Crippen LogP contribution in [0.5, 0.6) is 0 Å². The maximum Gasteiger partial charge on any atom is 0.231 e. The van der Waals surface area contributed by atoms with Crippen LogP contribution in [0.2, 0.25) is 5.02 Å². The first-order valence-corrected chi connectivity index (χ1v) is 7.50. The van der Waals surface area contributed by atoms with Gasteiger partial charge in [-0.1, -0.05) is 11.6 Å². The third-order valence-corrected chi connectivity index (χ3v) is 4.08. The Labute approximate surface area is 137 Å². The average molecular weight is 328 g/mol. The molecule has 1 aliphatic rings. The molecular formula is C16H14ClN5O. The minimum absolute atomic E-state index is 0.597. The van der Waals surface area contributed by atoms with Gasteiger partial charge in [-0.25, -0.2) is 9.98 Å². The van der Waals surface area contributed by atoms with Crippen molar-refractivity contribution in [1.29, 1.82) is 0 Å². The van der Waals surface area contributed by atoms with Crippen molar-refractivity contribution in [1.82, 2.24) is 14.7 Å². The molecule has 2 aromatic heterocycles. The van der Waals surface area contributed by atoms with Gasteiger partial charge in [0.25, 0.3) is 0 Å². The smallest absolute Gasteiger partial charge is 0.231 e. The summed E-state index contributed by atoms with van der Waals surface area (Å²) in [5.41, 5.74) is 3.26. The molecule has 0 bridgehead atoms. The van der Waals surface area contributed by atoms with E-state index in [2.05, 4.69) is 15.3 Å². The second-order valence-electron chi connectivity index (χ2n) is 5.18. The highest BCUT2D eigenvalue weighted by Gasteiger charge is 2.28. The predicted octanol–water partition coefficient (Wildman–Crippen LogP) is 2.38. The van der Waals surface area contributed by atoms with Gasteiger partial charge >= 0.3 is 0 Å². The molecule has 2 N–H and O–H groups in total. The molecule has 1 unspecified atom stereocenters. The van der Waals surface area contributed by atoms with Crippen LogP contribution >= 0.6 is 11.6 Å². The largest absolute Gasteiger partial charge is 0.373 e. The van der Waals surface area contributed by atoms with Crippen molar-refractivity contribution in [2.45, 2.75) is 6.35 Å². The third kappa shape index (κ3) is 2.23. The second kappa shape index (κ2) is 5.26. The summed E-state index contributed by atoms with van der Waals surface area (Å²) in [6.45, 7) is 0. The normalized spacial score (nSPS) is 17.1. The molecule has 1 aromatic carbocycles. The van der Waals surface area contributed by atoms with E-state index >= 15 is 0 Å². The van der Waals surface area contributed by atoms with Crippen LogP contribution in [-0.2, 0) is 0 Å². The molecule has 3 heterocycles. The summed E-state index contributed by atoms with van der Waals surface area (Å²) in [6, 6.07) is 9.32. The number of nitrogens with zero attached hydrogens (tertiary/aromatic N) is 4. The fourth-order valence-corrected chi connectivity index (χ4v) is 2.96. The SMILES string of the molecule is CNC1=NC(O)N(c2ccn3ccnc3c2)c2cc(Cl)ccc21. The summed E-state index contributed by atoms with van der Waals surface area (Å²) >= 11 is 6.16. The van der Waals surface area contributed by atoms with Crippen LogP contribution < -0.4 is 10.2 Å².